The molecule has 5 aliphatic heterocycles. The van der Waals surface area contributed by atoms with Crippen molar-refractivity contribution in [1.29, 1.82) is 0 Å². The van der Waals surface area contributed by atoms with Crippen LogP contribution in [0.2, 0.25) is 0 Å². The normalized spacial score (nSPS) is 37.0. The smallest absolute Gasteiger partial charge is 0.252 e. The number of carbonyl (C=O) groups excluding carboxylic acids is 2. The third-order valence-corrected chi connectivity index (χ3v) is 11.0. The van der Waals surface area contributed by atoms with Crippen molar-refractivity contribution in [3.8, 4) is 11.5 Å². The predicted octanol–water partition coefficient (Wildman–Crippen LogP) is 3.13. The zero-order valence-electron chi connectivity index (χ0n) is 24.6. The van der Waals surface area contributed by atoms with E-state index in [1.165, 1.54) is 5.56 Å². The minimum atomic E-state index is -1.17. The van der Waals surface area contributed by atoms with Gasteiger partial charge in [-0.05, 0) is 73.4 Å². The second-order valence-corrected chi connectivity index (χ2v) is 13.5. The lowest BCUT2D eigenvalue weighted by atomic mass is 9.82. The second kappa shape index (κ2) is 9.19. The number of nitrogens with zero attached hydrogens (tertiary/aromatic N) is 2. The fourth-order valence-corrected chi connectivity index (χ4v) is 8.22. The first-order chi connectivity index (χ1) is 20.7. The number of amides is 2. The van der Waals surface area contributed by atoms with E-state index in [0.717, 1.165) is 31.2 Å². The Kier molecular flexibility index (Phi) is 5.76. The van der Waals surface area contributed by atoms with Crippen LogP contribution in [0, 0.1) is 11.8 Å². The van der Waals surface area contributed by atoms with Crippen LogP contribution >= 0.6 is 0 Å². The molecule has 7 atom stereocenters. The van der Waals surface area contributed by atoms with Crippen LogP contribution in [-0.4, -0.2) is 65.9 Å². The van der Waals surface area contributed by atoms with Crippen LogP contribution in [-0.2, 0) is 15.1 Å². The summed E-state index contributed by atoms with van der Waals surface area (Å²) < 4.78 is 17.6. The maximum atomic E-state index is 14.0. The highest BCUT2D eigenvalue weighted by atomic mass is 16.5. The largest absolute Gasteiger partial charge is 0.493 e. The number of aliphatic hydroxyl groups is 1. The molecule has 5 heterocycles. The number of aliphatic imine (C=N–C) groups is 1. The molecule has 1 spiro atoms. The van der Waals surface area contributed by atoms with E-state index in [-0.39, 0.29) is 36.7 Å². The standard InChI is InChI=1S/C33H38N4O6/c1-3-31-9-8-19-10-22(19)18-4-7-26-24(12-18)33(16-32(33,40)17-43-26)35-29(39)20-5-6-25-23(11-20)28(21(14-41-2)15-42-25)37(27(38)13-31)30(34)36-31/h4-7,11-12,19,21-22,28,40H,3,8-10,13-17H2,1-2H3,(H2,34,36)(H,35,39)/t19?,21-,22?,28-,31-,32-,33-/m1/s1. The number of nitrogens with two attached hydrogens (primary N) is 1. The van der Waals surface area contributed by atoms with Gasteiger partial charge in [-0.25, -0.2) is 4.99 Å². The molecule has 7 aliphatic rings. The Bertz CT molecular complexity index is 1580. The summed E-state index contributed by atoms with van der Waals surface area (Å²) in [6.07, 6.45) is 4.17. The molecule has 2 aromatic carbocycles. The van der Waals surface area contributed by atoms with Gasteiger partial charge < -0.3 is 30.4 Å². The molecular formula is C33H38N4O6. The summed E-state index contributed by atoms with van der Waals surface area (Å²) in [6, 6.07) is 11.0. The number of hydrogen-bond donors (Lipinski definition) is 3. The van der Waals surface area contributed by atoms with Gasteiger partial charge in [-0.1, -0.05) is 13.0 Å². The second-order valence-electron chi connectivity index (χ2n) is 13.5. The molecule has 2 amide bonds. The van der Waals surface area contributed by atoms with E-state index in [2.05, 4.69) is 24.4 Å². The molecule has 10 nitrogen and oxygen atoms in total. The van der Waals surface area contributed by atoms with Crippen molar-refractivity contribution in [2.75, 3.05) is 26.9 Å². The number of benzene rings is 2. The van der Waals surface area contributed by atoms with Crippen molar-refractivity contribution in [2.24, 2.45) is 22.6 Å². The molecule has 4 N–H and O–H groups in total. The van der Waals surface area contributed by atoms with Crippen LogP contribution in [0.1, 0.15) is 84.5 Å². The highest BCUT2D eigenvalue weighted by Gasteiger charge is 2.72. The molecule has 10 heteroatoms. The average Bonchev–Trinajstić information content (AvgIpc) is 3.90. The van der Waals surface area contributed by atoms with Crippen LogP contribution in [0.25, 0.3) is 0 Å². The molecule has 43 heavy (non-hydrogen) atoms. The van der Waals surface area contributed by atoms with E-state index in [4.69, 9.17) is 24.9 Å². The minimum absolute atomic E-state index is 0.0685. The topological polar surface area (TPSA) is 136 Å². The lowest BCUT2D eigenvalue weighted by Gasteiger charge is -2.44. The van der Waals surface area contributed by atoms with Gasteiger partial charge in [-0.2, -0.15) is 0 Å². The van der Waals surface area contributed by atoms with Gasteiger partial charge in [0.2, 0.25) is 5.91 Å². The number of rotatable bonds is 3. The van der Waals surface area contributed by atoms with Crippen LogP contribution in [0.5, 0.6) is 11.5 Å². The zero-order valence-corrected chi connectivity index (χ0v) is 24.6. The van der Waals surface area contributed by atoms with Gasteiger partial charge in [0.1, 0.15) is 29.2 Å². The molecule has 0 saturated heterocycles. The quantitative estimate of drug-likeness (QED) is 0.503. The highest BCUT2D eigenvalue weighted by Crippen LogP contribution is 2.62. The monoisotopic (exact) mass is 586 g/mol. The summed E-state index contributed by atoms with van der Waals surface area (Å²) >= 11 is 0. The Morgan fingerprint density at radius 1 is 1.19 bits per heavy atom. The van der Waals surface area contributed by atoms with E-state index in [1.54, 1.807) is 30.2 Å². The number of methoxy groups -OCH3 is 1. The van der Waals surface area contributed by atoms with E-state index < -0.39 is 22.7 Å². The third kappa shape index (κ3) is 3.95. The molecule has 2 saturated carbocycles. The first-order valence-electron chi connectivity index (χ1n) is 15.4. The van der Waals surface area contributed by atoms with Gasteiger partial charge in [-0.3, -0.25) is 14.5 Å². The minimum Gasteiger partial charge on any atom is -0.493 e. The molecule has 6 bridgehead atoms. The highest BCUT2D eigenvalue weighted by molar-refractivity contribution is 6.00. The SMILES string of the molecule is CC[C@@]12CCC3CC3c3ccc4c(c3)[C@@]3(C[C@@]3(O)CO4)NC(=O)c3ccc4c(c3)[C@@H]([C@H](COC)CO4)N(C(=O)C1)C(N)=N2. The fourth-order valence-electron chi connectivity index (χ4n) is 8.22. The Hall–Kier alpha value is -3.63. The molecule has 2 aliphatic carbocycles. The molecule has 0 aromatic heterocycles. The number of carbonyl (C=O) groups is 2. The molecule has 9 rings (SSSR count). The molecule has 2 fully saturated rings. The number of fused-ring (bicyclic) bond motifs is 3. The van der Waals surface area contributed by atoms with Gasteiger partial charge in [0, 0.05) is 36.1 Å². The van der Waals surface area contributed by atoms with Crippen molar-refractivity contribution in [2.45, 2.75) is 74.1 Å². The first-order valence-corrected chi connectivity index (χ1v) is 15.4. The molecule has 226 valence electrons. The Labute approximate surface area is 250 Å². The summed E-state index contributed by atoms with van der Waals surface area (Å²) in [5.41, 5.74) is 7.19. The van der Waals surface area contributed by atoms with Crippen LogP contribution in [0.15, 0.2) is 41.4 Å². The van der Waals surface area contributed by atoms with Gasteiger partial charge in [0.25, 0.3) is 5.91 Å². The van der Waals surface area contributed by atoms with Crippen LogP contribution in [0.3, 0.4) is 0 Å². The maximum Gasteiger partial charge on any atom is 0.252 e. The predicted molar refractivity (Wildman–Crippen MR) is 157 cm³/mol. The van der Waals surface area contributed by atoms with Crippen molar-refractivity contribution in [1.82, 2.24) is 10.2 Å². The Morgan fingerprint density at radius 2 is 2.02 bits per heavy atom. The van der Waals surface area contributed by atoms with Crippen molar-refractivity contribution in [3.63, 3.8) is 0 Å². The summed E-state index contributed by atoms with van der Waals surface area (Å²) in [6.45, 7) is 2.89. The first kappa shape index (κ1) is 27.0. The summed E-state index contributed by atoms with van der Waals surface area (Å²) in [4.78, 5) is 34.6. The fraction of sp³-hybridized carbons (Fsp3) is 0.545. The van der Waals surface area contributed by atoms with E-state index in [0.29, 0.717) is 54.1 Å². The van der Waals surface area contributed by atoms with E-state index >= 15 is 0 Å². The van der Waals surface area contributed by atoms with Crippen molar-refractivity contribution < 1.29 is 28.9 Å². The van der Waals surface area contributed by atoms with Gasteiger partial charge in [-0.15, -0.1) is 0 Å². The number of guanidine groups is 1. The van der Waals surface area contributed by atoms with Gasteiger partial charge in [0.05, 0.1) is 31.2 Å². The molecular weight excluding hydrogens is 548 g/mol. The van der Waals surface area contributed by atoms with Crippen molar-refractivity contribution in [3.05, 3.63) is 58.7 Å². The van der Waals surface area contributed by atoms with Gasteiger partial charge >= 0.3 is 0 Å². The van der Waals surface area contributed by atoms with E-state index in [9.17, 15) is 14.7 Å². The summed E-state index contributed by atoms with van der Waals surface area (Å²) in [5, 5.41) is 14.7. The Balaban J connectivity index is 1.27. The zero-order chi connectivity index (χ0) is 29.7. The third-order valence-electron chi connectivity index (χ3n) is 11.0. The number of nitrogens with one attached hydrogen (secondary N) is 1. The number of hydrogen-bond acceptors (Lipinski definition) is 8. The van der Waals surface area contributed by atoms with Crippen molar-refractivity contribution >= 4 is 17.8 Å². The van der Waals surface area contributed by atoms with Gasteiger partial charge in [0.15, 0.2) is 5.96 Å². The van der Waals surface area contributed by atoms with Crippen LogP contribution in [0.4, 0.5) is 0 Å². The summed E-state index contributed by atoms with van der Waals surface area (Å²) in [5.74, 6) is 1.77. The molecule has 0 radical (unpaired) electrons. The lowest BCUT2D eigenvalue weighted by molar-refractivity contribution is -0.133. The number of ether oxygens (including phenoxy) is 3. The van der Waals surface area contributed by atoms with E-state index in [1.807, 2.05) is 6.07 Å². The average molecular weight is 587 g/mol. The van der Waals surface area contributed by atoms with Crippen LogP contribution < -0.4 is 20.5 Å². The Morgan fingerprint density at radius 3 is 2.81 bits per heavy atom. The maximum absolute atomic E-state index is 14.0. The lowest BCUT2D eigenvalue weighted by Crippen LogP contribution is -2.55. The molecule has 2 aromatic rings. The summed E-state index contributed by atoms with van der Waals surface area (Å²) in [7, 11) is 1.62. The molecule has 2 unspecified atom stereocenters.